The van der Waals surface area contributed by atoms with Crippen LogP contribution >= 0.6 is 0 Å². The van der Waals surface area contributed by atoms with Gasteiger partial charge in [-0.2, -0.15) is 0 Å². The van der Waals surface area contributed by atoms with Gasteiger partial charge in [0.05, 0.1) is 18.6 Å². The molecule has 1 aromatic carbocycles. The predicted octanol–water partition coefficient (Wildman–Crippen LogP) is 2.38. The van der Waals surface area contributed by atoms with Crippen molar-refractivity contribution in [2.75, 3.05) is 13.2 Å². The van der Waals surface area contributed by atoms with Crippen LogP contribution in [0, 0.1) is 6.92 Å². The molecular weight excluding hydrogens is 238 g/mol. The number of aromatic nitrogens is 2. The highest BCUT2D eigenvalue weighted by Crippen LogP contribution is 2.12. The summed E-state index contributed by atoms with van der Waals surface area (Å²) in [5.74, 6) is 0.924. The Bertz CT molecular complexity index is 508. The zero-order chi connectivity index (χ0) is 13.5. The van der Waals surface area contributed by atoms with Crippen LogP contribution in [0.25, 0.3) is 0 Å². The molecule has 0 spiro atoms. The number of rotatable bonds is 7. The number of ether oxygens (including phenoxy) is 1. The van der Waals surface area contributed by atoms with Crippen LogP contribution in [0.3, 0.4) is 0 Å². The van der Waals surface area contributed by atoms with Crippen LogP contribution in [0.4, 0.5) is 0 Å². The number of imidazole rings is 1. The van der Waals surface area contributed by atoms with Crippen molar-refractivity contribution in [2.45, 2.75) is 26.9 Å². The topological polar surface area (TPSA) is 39.1 Å². The van der Waals surface area contributed by atoms with E-state index in [0.29, 0.717) is 6.61 Å². The number of hydrogen-bond donors (Lipinski definition) is 1. The van der Waals surface area contributed by atoms with Gasteiger partial charge in [-0.15, -0.1) is 0 Å². The SMILES string of the molecule is CCNCc1cncn1CCOc1cccc(C)c1. The van der Waals surface area contributed by atoms with Gasteiger partial charge in [0.1, 0.15) is 12.4 Å². The van der Waals surface area contributed by atoms with Gasteiger partial charge >= 0.3 is 0 Å². The fourth-order valence-electron chi connectivity index (χ4n) is 1.92. The smallest absolute Gasteiger partial charge is 0.119 e. The lowest BCUT2D eigenvalue weighted by atomic mass is 10.2. The van der Waals surface area contributed by atoms with Crippen molar-refractivity contribution >= 4 is 0 Å². The molecule has 0 aliphatic rings. The van der Waals surface area contributed by atoms with Crippen molar-refractivity contribution in [1.82, 2.24) is 14.9 Å². The molecule has 1 aromatic heterocycles. The Morgan fingerprint density at radius 3 is 3.05 bits per heavy atom. The Morgan fingerprint density at radius 1 is 1.37 bits per heavy atom. The molecule has 4 nitrogen and oxygen atoms in total. The summed E-state index contributed by atoms with van der Waals surface area (Å²) in [7, 11) is 0. The molecule has 2 rings (SSSR count). The quantitative estimate of drug-likeness (QED) is 0.829. The molecule has 102 valence electrons. The summed E-state index contributed by atoms with van der Waals surface area (Å²) in [5, 5.41) is 3.30. The van der Waals surface area contributed by atoms with Crippen molar-refractivity contribution in [3.63, 3.8) is 0 Å². The molecule has 0 aliphatic carbocycles. The van der Waals surface area contributed by atoms with Gasteiger partial charge in [0.2, 0.25) is 0 Å². The number of hydrogen-bond acceptors (Lipinski definition) is 3. The van der Waals surface area contributed by atoms with Crippen LogP contribution in [0.15, 0.2) is 36.8 Å². The van der Waals surface area contributed by atoms with Crippen LogP contribution < -0.4 is 10.1 Å². The van der Waals surface area contributed by atoms with Gasteiger partial charge in [-0.1, -0.05) is 19.1 Å². The van der Waals surface area contributed by atoms with E-state index >= 15 is 0 Å². The summed E-state index contributed by atoms with van der Waals surface area (Å²) in [4.78, 5) is 4.18. The molecule has 1 N–H and O–H groups in total. The first kappa shape index (κ1) is 13.6. The second-order valence-electron chi connectivity index (χ2n) is 4.52. The third-order valence-corrected chi connectivity index (χ3v) is 2.95. The first-order valence-corrected chi connectivity index (χ1v) is 6.69. The Morgan fingerprint density at radius 2 is 2.26 bits per heavy atom. The minimum atomic E-state index is 0.652. The lowest BCUT2D eigenvalue weighted by Gasteiger charge is -2.10. The van der Waals surface area contributed by atoms with Crippen LogP contribution in [0.2, 0.25) is 0 Å². The predicted molar refractivity (Wildman–Crippen MR) is 76.3 cm³/mol. The fraction of sp³-hybridized carbons (Fsp3) is 0.400. The monoisotopic (exact) mass is 259 g/mol. The number of benzene rings is 1. The van der Waals surface area contributed by atoms with E-state index in [-0.39, 0.29) is 0 Å². The van der Waals surface area contributed by atoms with E-state index < -0.39 is 0 Å². The Balaban J connectivity index is 1.84. The maximum absolute atomic E-state index is 5.75. The number of nitrogens with zero attached hydrogens (tertiary/aromatic N) is 2. The van der Waals surface area contributed by atoms with Crippen molar-refractivity contribution in [3.05, 3.63) is 48.0 Å². The van der Waals surface area contributed by atoms with Crippen LogP contribution in [0.5, 0.6) is 5.75 Å². The van der Waals surface area contributed by atoms with Gasteiger partial charge in [0.15, 0.2) is 0 Å². The van der Waals surface area contributed by atoms with Crippen molar-refractivity contribution < 1.29 is 4.74 Å². The third kappa shape index (κ3) is 4.10. The first-order chi connectivity index (χ1) is 9.29. The van der Waals surface area contributed by atoms with Gasteiger partial charge in [-0.3, -0.25) is 0 Å². The van der Waals surface area contributed by atoms with Crippen LogP contribution in [0.1, 0.15) is 18.2 Å². The maximum atomic E-state index is 5.75. The highest BCUT2D eigenvalue weighted by atomic mass is 16.5. The van der Waals surface area contributed by atoms with Gasteiger partial charge in [0.25, 0.3) is 0 Å². The molecule has 4 heteroatoms. The van der Waals surface area contributed by atoms with E-state index in [0.717, 1.165) is 25.4 Å². The van der Waals surface area contributed by atoms with E-state index in [4.69, 9.17) is 4.74 Å². The Hall–Kier alpha value is -1.81. The number of aryl methyl sites for hydroxylation is 1. The zero-order valence-electron chi connectivity index (χ0n) is 11.6. The normalized spacial score (nSPS) is 10.6. The molecule has 0 unspecified atom stereocenters. The van der Waals surface area contributed by atoms with E-state index in [2.05, 4.69) is 34.8 Å². The average Bonchev–Trinajstić information content (AvgIpc) is 2.84. The summed E-state index contributed by atoms with van der Waals surface area (Å²) in [6, 6.07) is 8.11. The molecule has 1 heterocycles. The molecule has 0 atom stereocenters. The Kier molecular flexibility index (Phi) is 4.98. The first-order valence-electron chi connectivity index (χ1n) is 6.69. The molecule has 0 fully saturated rings. The fourth-order valence-corrected chi connectivity index (χ4v) is 1.92. The van der Waals surface area contributed by atoms with Crippen molar-refractivity contribution in [2.24, 2.45) is 0 Å². The summed E-state index contributed by atoms with van der Waals surface area (Å²) < 4.78 is 7.87. The summed E-state index contributed by atoms with van der Waals surface area (Å²) in [6.45, 7) is 7.44. The second-order valence-corrected chi connectivity index (χ2v) is 4.52. The third-order valence-electron chi connectivity index (χ3n) is 2.95. The minimum absolute atomic E-state index is 0.652. The van der Waals surface area contributed by atoms with Gasteiger partial charge in [-0.05, 0) is 31.2 Å². The minimum Gasteiger partial charge on any atom is -0.492 e. The largest absolute Gasteiger partial charge is 0.492 e. The van der Waals surface area contributed by atoms with Gasteiger partial charge in [-0.25, -0.2) is 4.98 Å². The second kappa shape index (κ2) is 6.95. The van der Waals surface area contributed by atoms with E-state index in [1.807, 2.05) is 30.7 Å². The van der Waals surface area contributed by atoms with E-state index in [1.54, 1.807) is 0 Å². The average molecular weight is 259 g/mol. The molecule has 0 bridgehead atoms. The molecule has 0 aliphatic heterocycles. The zero-order valence-corrected chi connectivity index (χ0v) is 11.6. The van der Waals surface area contributed by atoms with Gasteiger partial charge < -0.3 is 14.6 Å². The standard InChI is InChI=1S/C15H21N3O/c1-3-16-10-14-11-17-12-18(14)7-8-19-15-6-4-5-13(2)9-15/h4-6,9,11-12,16H,3,7-8,10H2,1-2H3. The van der Waals surface area contributed by atoms with Crippen LogP contribution in [-0.4, -0.2) is 22.7 Å². The van der Waals surface area contributed by atoms with Crippen molar-refractivity contribution in [1.29, 1.82) is 0 Å². The van der Waals surface area contributed by atoms with Crippen molar-refractivity contribution in [3.8, 4) is 5.75 Å². The van der Waals surface area contributed by atoms with Crippen LogP contribution in [-0.2, 0) is 13.1 Å². The molecule has 0 saturated heterocycles. The molecule has 0 saturated carbocycles. The molecule has 19 heavy (non-hydrogen) atoms. The lowest BCUT2D eigenvalue weighted by molar-refractivity contribution is 0.296. The summed E-state index contributed by atoms with van der Waals surface area (Å²) in [6.07, 6.45) is 3.75. The maximum Gasteiger partial charge on any atom is 0.119 e. The van der Waals surface area contributed by atoms with E-state index in [1.165, 1.54) is 11.3 Å². The summed E-state index contributed by atoms with van der Waals surface area (Å²) in [5.41, 5.74) is 2.41. The molecule has 0 amide bonds. The molecular formula is C15H21N3O. The highest BCUT2D eigenvalue weighted by Gasteiger charge is 2.01. The summed E-state index contributed by atoms with van der Waals surface area (Å²) >= 11 is 0. The molecule has 0 radical (unpaired) electrons. The molecule has 2 aromatic rings. The highest BCUT2D eigenvalue weighted by molar-refractivity contribution is 5.27. The number of nitrogens with one attached hydrogen (secondary N) is 1. The Labute approximate surface area is 114 Å². The lowest BCUT2D eigenvalue weighted by Crippen LogP contribution is -2.17. The van der Waals surface area contributed by atoms with Gasteiger partial charge in [0, 0.05) is 12.7 Å². The van der Waals surface area contributed by atoms with E-state index in [9.17, 15) is 0 Å².